The highest BCUT2D eigenvalue weighted by molar-refractivity contribution is 7.48. The minimum Gasteiger partial charge on any atom is -0.481 e. The van der Waals surface area contributed by atoms with Crippen LogP contribution in [0, 0.1) is 12.8 Å². The van der Waals surface area contributed by atoms with Crippen molar-refractivity contribution in [1.82, 2.24) is 9.55 Å². The highest BCUT2D eigenvalue weighted by Crippen LogP contribution is 2.56. The van der Waals surface area contributed by atoms with Crippen LogP contribution in [0.3, 0.4) is 0 Å². The highest BCUT2D eigenvalue weighted by Gasteiger charge is 2.48. The van der Waals surface area contributed by atoms with E-state index in [4.69, 9.17) is 23.4 Å². The quantitative estimate of drug-likeness (QED) is 0.657. The molecular formula is C15H21N2O9P. The average Bonchev–Trinajstić information content (AvgIpc) is 3.00. The van der Waals surface area contributed by atoms with E-state index in [2.05, 4.69) is 4.98 Å². The van der Waals surface area contributed by atoms with Crippen molar-refractivity contribution < 1.29 is 32.8 Å². The lowest BCUT2D eigenvalue weighted by atomic mass is 10.1. The minimum atomic E-state index is -3.84. The molecule has 1 aromatic heterocycles. The molecule has 2 aliphatic rings. The summed E-state index contributed by atoms with van der Waals surface area (Å²) in [5, 5.41) is 8.85. The van der Waals surface area contributed by atoms with Gasteiger partial charge in [-0.05, 0) is 13.3 Å². The molecule has 12 heteroatoms. The summed E-state index contributed by atoms with van der Waals surface area (Å²) >= 11 is 0. The summed E-state index contributed by atoms with van der Waals surface area (Å²) in [7, 11) is -3.84. The van der Waals surface area contributed by atoms with Crippen LogP contribution in [0.15, 0.2) is 15.8 Å². The van der Waals surface area contributed by atoms with Crippen molar-refractivity contribution >= 4 is 13.8 Å². The summed E-state index contributed by atoms with van der Waals surface area (Å²) in [5.74, 6) is -1.63. The van der Waals surface area contributed by atoms with E-state index >= 15 is 0 Å². The van der Waals surface area contributed by atoms with Crippen LogP contribution in [-0.2, 0) is 27.7 Å². The van der Waals surface area contributed by atoms with Crippen molar-refractivity contribution in [3.05, 3.63) is 32.6 Å². The Morgan fingerprint density at radius 3 is 2.93 bits per heavy atom. The van der Waals surface area contributed by atoms with Gasteiger partial charge >= 0.3 is 19.5 Å². The van der Waals surface area contributed by atoms with Gasteiger partial charge in [0.2, 0.25) is 0 Å². The number of aryl methyl sites for hydroxylation is 1. The van der Waals surface area contributed by atoms with E-state index in [0.717, 1.165) is 0 Å². The number of nitrogens with one attached hydrogen (secondary N) is 1. The van der Waals surface area contributed by atoms with Crippen molar-refractivity contribution in [2.75, 3.05) is 13.2 Å². The van der Waals surface area contributed by atoms with Crippen molar-refractivity contribution in [1.29, 1.82) is 0 Å². The summed E-state index contributed by atoms with van der Waals surface area (Å²) in [6.07, 6.45) is -0.0922. The zero-order valence-corrected chi connectivity index (χ0v) is 15.7. The zero-order valence-electron chi connectivity index (χ0n) is 14.8. The number of nitrogens with zero attached hydrogens (tertiary/aromatic N) is 1. The first kappa shape index (κ1) is 20.0. The lowest BCUT2D eigenvalue weighted by Crippen LogP contribution is -2.34. The third kappa shape index (κ3) is 4.39. The second kappa shape index (κ2) is 7.69. The van der Waals surface area contributed by atoms with Gasteiger partial charge < -0.3 is 9.84 Å². The minimum absolute atomic E-state index is 0.0516. The number of aliphatic carboxylic acids is 1. The molecule has 1 aromatic rings. The van der Waals surface area contributed by atoms with Crippen molar-refractivity contribution in [3.63, 3.8) is 0 Å². The third-order valence-corrected chi connectivity index (χ3v) is 6.01. The smallest absolute Gasteiger partial charge is 0.475 e. The van der Waals surface area contributed by atoms with Gasteiger partial charge in [0.25, 0.3) is 5.56 Å². The molecule has 0 aliphatic carbocycles. The summed E-state index contributed by atoms with van der Waals surface area (Å²) in [6.45, 7) is 2.94. The fourth-order valence-electron chi connectivity index (χ4n) is 2.83. The fraction of sp³-hybridized carbons (Fsp3) is 0.667. The molecule has 0 aromatic carbocycles. The molecule has 2 fully saturated rings. The van der Waals surface area contributed by atoms with Crippen LogP contribution >= 0.6 is 7.82 Å². The number of H-pyrrole nitrogens is 1. The zero-order chi connectivity index (χ0) is 19.8. The number of rotatable bonds is 6. The van der Waals surface area contributed by atoms with E-state index < -0.39 is 49.4 Å². The van der Waals surface area contributed by atoms with Gasteiger partial charge in [-0.3, -0.25) is 32.7 Å². The summed E-state index contributed by atoms with van der Waals surface area (Å²) in [5.41, 5.74) is -0.733. The number of ether oxygens (including phenoxy) is 1. The summed E-state index contributed by atoms with van der Waals surface area (Å²) in [6, 6.07) is 0. The maximum atomic E-state index is 12.6. The number of carbonyl (C=O) groups is 1. The maximum Gasteiger partial charge on any atom is 0.475 e. The van der Waals surface area contributed by atoms with Gasteiger partial charge in [0, 0.05) is 18.2 Å². The summed E-state index contributed by atoms with van der Waals surface area (Å²) in [4.78, 5) is 36.5. The van der Waals surface area contributed by atoms with E-state index in [-0.39, 0.29) is 26.1 Å². The SMILES string of the molecule is Cc1cn([C@@H]2C[C@H]3OP(=O)(OCC[C@@H](C)C(=O)O)OC[C@@H]3O2)c(=O)[nH]c1=O. The van der Waals surface area contributed by atoms with Gasteiger partial charge in [-0.1, -0.05) is 6.92 Å². The molecule has 0 bridgehead atoms. The Hall–Kier alpha value is -1.78. The highest BCUT2D eigenvalue weighted by atomic mass is 31.2. The lowest BCUT2D eigenvalue weighted by molar-refractivity contribution is -0.141. The van der Waals surface area contributed by atoms with E-state index in [1.165, 1.54) is 17.7 Å². The first-order chi connectivity index (χ1) is 12.7. The fourth-order valence-corrected chi connectivity index (χ4v) is 4.23. The maximum absolute atomic E-state index is 12.6. The van der Waals surface area contributed by atoms with Gasteiger partial charge in [-0.25, -0.2) is 9.36 Å². The van der Waals surface area contributed by atoms with Crippen LogP contribution in [0.1, 0.15) is 31.6 Å². The number of hydrogen-bond donors (Lipinski definition) is 2. The molecule has 0 spiro atoms. The predicted molar refractivity (Wildman–Crippen MR) is 90.4 cm³/mol. The number of phosphoric ester groups is 1. The molecular weight excluding hydrogens is 383 g/mol. The van der Waals surface area contributed by atoms with Crippen molar-refractivity contribution in [2.24, 2.45) is 5.92 Å². The Morgan fingerprint density at radius 1 is 1.48 bits per heavy atom. The number of fused-ring (bicyclic) bond motifs is 1. The Morgan fingerprint density at radius 2 is 2.22 bits per heavy atom. The molecule has 3 heterocycles. The number of aromatic nitrogens is 2. The molecule has 150 valence electrons. The van der Waals surface area contributed by atoms with E-state index in [1.54, 1.807) is 6.92 Å². The number of carboxylic acid groups (broad SMARTS) is 1. The molecule has 0 radical (unpaired) electrons. The normalized spacial score (nSPS) is 31.4. The number of carboxylic acids is 1. The molecule has 0 amide bonds. The predicted octanol–water partition coefficient (Wildman–Crippen LogP) is 0.783. The largest absolute Gasteiger partial charge is 0.481 e. The van der Waals surface area contributed by atoms with Crippen LogP contribution < -0.4 is 11.2 Å². The lowest BCUT2D eigenvalue weighted by Gasteiger charge is -2.29. The average molecular weight is 404 g/mol. The van der Waals surface area contributed by atoms with Gasteiger partial charge in [-0.15, -0.1) is 0 Å². The molecule has 1 unspecified atom stereocenters. The standard InChI is InChI=1S/C15H21N2O9P/c1-8(14(19)20)3-4-23-27(22)24-7-11-10(26-27)5-12(25-11)17-6-9(2)13(18)16-15(17)21/h6,8,10-12H,3-5,7H2,1-2H3,(H,19,20)(H,16,18,21)/t8-,10-,11+,12+,27?/m1/s1. The molecule has 5 atom stereocenters. The molecule has 11 nitrogen and oxygen atoms in total. The molecule has 2 saturated heterocycles. The molecule has 3 rings (SSSR count). The number of aromatic amines is 1. The second-order valence-corrected chi connectivity index (χ2v) is 8.21. The first-order valence-corrected chi connectivity index (χ1v) is 9.92. The Bertz CT molecular complexity index is 879. The Balaban J connectivity index is 1.63. The Labute approximate surface area is 153 Å². The number of hydrogen-bond acceptors (Lipinski definition) is 8. The van der Waals surface area contributed by atoms with E-state index in [9.17, 15) is 18.9 Å². The van der Waals surface area contributed by atoms with E-state index in [1.807, 2.05) is 0 Å². The molecule has 2 N–H and O–H groups in total. The van der Waals surface area contributed by atoms with Gasteiger partial charge in [0.05, 0.1) is 19.1 Å². The second-order valence-electron chi connectivity index (χ2n) is 6.59. The van der Waals surface area contributed by atoms with Crippen LogP contribution in [0.4, 0.5) is 0 Å². The van der Waals surface area contributed by atoms with E-state index in [0.29, 0.717) is 5.56 Å². The van der Waals surface area contributed by atoms with Crippen molar-refractivity contribution in [3.8, 4) is 0 Å². The van der Waals surface area contributed by atoms with Gasteiger partial charge in [-0.2, -0.15) is 0 Å². The first-order valence-electron chi connectivity index (χ1n) is 8.46. The van der Waals surface area contributed by atoms with Crippen LogP contribution in [0.5, 0.6) is 0 Å². The molecule has 2 aliphatic heterocycles. The van der Waals surface area contributed by atoms with Crippen molar-refractivity contribution in [2.45, 2.75) is 45.1 Å². The van der Waals surface area contributed by atoms with Crippen LogP contribution in [-0.4, -0.2) is 46.0 Å². The topological polar surface area (TPSA) is 146 Å². The monoisotopic (exact) mass is 404 g/mol. The van der Waals surface area contributed by atoms with Crippen LogP contribution in [0.2, 0.25) is 0 Å². The molecule has 0 saturated carbocycles. The van der Waals surface area contributed by atoms with Crippen LogP contribution in [0.25, 0.3) is 0 Å². The Kier molecular flexibility index (Phi) is 5.68. The number of phosphoric acid groups is 1. The third-order valence-electron chi connectivity index (χ3n) is 4.52. The van der Waals surface area contributed by atoms with Gasteiger partial charge in [0.15, 0.2) is 0 Å². The molecule has 27 heavy (non-hydrogen) atoms. The van der Waals surface area contributed by atoms with Gasteiger partial charge in [0.1, 0.15) is 18.4 Å². The summed E-state index contributed by atoms with van der Waals surface area (Å²) < 4.78 is 35.3.